The van der Waals surface area contributed by atoms with Crippen LogP contribution in [0.15, 0.2) is 16.8 Å². The average molecular weight is 245 g/mol. The number of carbonyl (C=O) groups excluding carboxylic acids is 1. The number of aromatic nitrogens is 2. The molecule has 2 rings (SSSR count). The molecule has 0 radical (unpaired) electrons. The molecular formula is C13H15N3O2. The minimum absolute atomic E-state index is 0.200. The van der Waals surface area contributed by atoms with E-state index in [0.29, 0.717) is 17.1 Å². The highest BCUT2D eigenvalue weighted by atomic mass is 16.6. The monoisotopic (exact) mass is 245 g/mol. The maximum absolute atomic E-state index is 12.1. The first-order valence-corrected chi connectivity index (χ1v) is 5.68. The number of hydrogen-bond acceptors (Lipinski definition) is 4. The zero-order valence-electron chi connectivity index (χ0n) is 10.9. The normalized spacial score (nSPS) is 10.4. The van der Waals surface area contributed by atoms with Crippen LogP contribution in [0.2, 0.25) is 0 Å². The molecule has 94 valence electrons. The molecule has 0 spiro atoms. The molecule has 0 aliphatic rings. The van der Waals surface area contributed by atoms with E-state index in [9.17, 15) is 4.79 Å². The second kappa shape index (κ2) is 4.60. The Balaban J connectivity index is 2.30. The molecule has 2 aromatic rings. The highest BCUT2D eigenvalue weighted by Crippen LogP contribution is 2.18. The number of nitrogens with one attached hydrogen (secondary N) is 1. The lowest BCUT2D eigenvalue weighted by molar-refractivity contribution is 0.102. The van der Waals surface area contributed by atoms with Gasteiger partial charge in [-0.15, -0.1) is 0 Å². The van der Waals surface area contributed by atoms with Crippen LogP contribution in [0.3, 0.4) is 0 Å². The number of aryl methyl sites for hydroxylation is 2. The molecule has 18 heavy (non-hydrogen) atoms. The lowest BCUT2D eigenvalue weighted by atomic mass is 9.98. The summed E-state index contributed by atoms with van der Waals surface area (Å²) in [6.45, 7) is 7.69. The fourth-order valence-electron chi connectivity index (χ4n) is 1.72. The second-order valence-corrected chi connectivity index (χ2v) is 4.33. The van der Waals surface area contributed by atoms with Gasteiger partial charge < -0.3 is 5.32 Å². The third-order valence-corrected chi connectivity index (χ3v) is 3.19. The zero-order valence-corrected chi connectivity index (χ0v) is 10.9. The molecule has 1 amide bonds. The van der Waals surface area contributed by atoms with Gasteiger partial charge in [0.25, 0.3) is 5.91 Å². The van der Waals surface area contributed by atoms with Crippen molar-refractivity contribution in [3.05, 3.63) is 40.1 Å². The zero-order chi connectivity index (χ0) is 13.3. The summed E-state index contributed by atoms with van der Waals surface area (Å²) in [6, 6.07) is 3.75. The minimum Gasteiger partial charge on any atom is -0.302 e. The van der Waals surface area contributed by atoms with Crippen molar-refractivity contribution in [2.24, 2.45) is 0 Å². The number of anilines is 1. The van der Waals surface area contributed by atoms with Crippen LogP contribution < -0.4 is 5.32 Å². The molecular weight excluding hydrogens is 230 g/mol. The predicted octanol–water partition coefficient (Wildman–Crippen LogP) is 2.56. The van der Waals surface area contributed by atoms with Gasteiger partial charge in [0.15, 0.2) is 0 Å². The van der Waals surface area contributed by atoms with E-state index in [0.717, 1.165) is 11.1 Å². The Labute approximate surface area is 105 Å². The Morgan fingerprint density at radius 1 is 1.11 bits per heavy atom. The smallest absolute Gasteiger partial charge is 0.257 e. The van der Waals surface area contributed by atoms with Crippen LogP contribution in [-0.2, 0) is 0 Å². The first kappa shape index (κ1) is 12.3. The highest BCUT2D eigenvalue weighted by molar-refractivity contribution is 6.05. The van der Waals surface area contributed by atoms with Gasteiger partial charge >= 0.3 is 0 Å². The van der Waals surface area contributed by atoms with Crippen molar-refractivity contribution in [1.29, 1.82) is 0 Å². The quantitative estimate of drug-likeness (QED) is 0.882. The molecule has 0 fully saturated rings. The summed E-state index contributed by atoms with van der Waals surface area (Å²) in [5, 5.41) is 9.94. The number of amides is 1. The summed E-state index contributed by atoms with van der Waals surface area (Å²) < 4.78 is 4.54. The summed E-state index contributed by atoms with van der Waals surface area (Å²) in [6.07, 6.45) is 0. The van der Waals surface area contributed by atoms with Crippen LogP contribution in [0.5, 0.6) is 0 Å². The third kappa shape index (κ3) is 2.11. The number of benzene rings is 1. The van der Waals surface area contributed by atoms with Crippen molar-refractivity contribution in [3.8, 4) is 0 Å². The van der Waals surface area contributed by atoms with Gasteiger partial charge in [-0.1, -0.05) is 11.2 Å². The summed E-state index contributed by atoms with van der Waals surface area (Å²) in [7, 11) is 0. The Morgan fingerprint density at radius 3 is 2.44 bits per heavy atom. The summed E-state index contributed by atoms with van der Waals surface area (Å²) in [5.74, 6) is 0.159. The van der Waals surface area contributed by atoms with E-state index in [-0.39, 0.29) is 5.91 Å². The van der Waals surface area contributed by atoms with Crippen LogP contribution in [0.25, 0.3) is 0 Å². The molecule has 1 aromatic carbocycles. The largest absolute Gasteiger partial charge is 0.302 e. The number of carbonyl (C=O) groups is 1. The second-order valence-electron chi connectivity index (χ2n) is 4.33. The van der Waals surface area contributed by atoms with Crippen molar-refractivity contribution >= 4 is 11.7 Å². The van der Waals surface area contributed by atoms with Gasteiger partial charge in [-0.05, 0) is 55.6 Å². The van der Waals surface area contributed by atoms with Crippen LogP contribution in [0, 0.1) is 27.7 Å². The molecule has 0 atom stereocenters. The van der Waals surface area contributed by atoms with Crippen LogP contribution in [0.4, 0.5) is 5.82 Å². The molecule has 5 nitrogen and oxygen atoms in total. The molecule has 0 saturated carbocycles. The van der Waals surface area contributed by atoms with Crippen LogP contribution in [-0.4, -0.2) is 16.2 Å². The Morgan fingerprint density at radius 2 is 1.83 bits per heavy atom. The van der Waals surface area contributed by atoms with E-state index < -0.39 is 0 Å². The van der Waals surface area contributed by atoms with Crippen molar-refractivity contribution in [2.75, 3.05) is 5.32 Å². The SMILES string of the molecule is Cc1ccc(C(=O)Nc2nonc2C)c(C)c1C. The molecule has 0 aliphatic carbocycles. The Hall–Kier alpha value is -2.17. The van der Waals surface area contributed by atoms with Crippen LogP contribution >= 0.6 is 0 Å². The van der Waals surface area contributed by atoms with Crippen molar-refractivity contribution in [3.63, 3.8) is 0 Å². The first-order valence-electron chi connectivity index (χ1n) is 5.68. The van der Waals surface area contributed by atoms with Crippen LogP contribution in [0.1, 0.15) is 32.7 Å². The average Bonchev–Trinajstić information content (AvgIpc) is 2.72. The predicted molar refractivity (Wildman–Crippen MR) is 67.6 cm³/mol. The van der Waals surface area contributed by atoms with E-state index >= 15 is 0 Å². The van der Waals surface area contributed by atoms with Gasteiger partial charge in [-0.25, -0.2) is 4.63 Å². The molecule has 0 unspecified atom stereocenters. The number of rotatable bonds is 2. The summed E-state index contributed by atoms with van der Waals surface area (Å²) in [5.41, 5.74) is 4.47. The van der Waals surface area contributed by atoms with E-state index in [2.05, 4.69) is 20.3 Å². The van der Waals surface area contributed by atoms with Crippen molar-refractivity contribution < 1.29 is 9.42 Å². The summed E-state index contributed by atoms with van der Waals surface area (Å²) >= 11 is 0. The van der Waals surface area contributed by atoms with Crippen molar-refractivity contribution in [2.45, 2.75) is 27.7 Å². The van der Waals surface area contributed by atoms with Gasteiger partial charge in [0.1, 0.15) is 5.69 Å². The fraction of sp³-hybridized carbons (Fsp3) is 0.308. The first-order chi connectivity index (χ1) is 8.50. The Kier molecular flexibility index (Phi) is 3.14. The molecule has 0 aliphatic heterocycles. The van der Waals surface area contributed by atoms with E-state index in [4.69, 9.17) is 0 Å². The fourth-order valence-corrected chi connectivity index (χ4v) is 1.72. The molecule has 1 N–H and O–H groups in total. The maximum atomic E-state index is 12.1. The molecule has 0 saturated heterocycles. The van der Waals surface area contributed by atoms with Gasteiger partial charge in [-0.3, -0.25) is 4.79 Å². The molecule has 5 heteroatoms. The standard InChI is InChI=1S/C13H15N3O2/c1-7-5-6-11(9(3)8(7)2)13(17)14-12-10(4)15-18-16-12/h5-6H,1-4H3,(H,14,16,17). The van der Waals surface area contributed by atoms with Gasteiger partial charge in [0, 0.05) is 5.56 Å². The maximum Gasteiger partial charge on any atom is 0.257 e. The third-order valence-electron chi connectivity index (χ3n) is 3.19. The lowest BCUT2D eigenvalue weighted by Gasteiger charge is -2.10. The minimum atomic E-state index is -0.200. The Bertz CT molecular complexity index is 602. The summed E-state index contributed by atoms with van der Waals surface area (Å²) in [4.78, 5) is 12.1. The number of hydrogen-bond donors (Lipinski definition) is 1. The number of nitrogens with zero attached hydrogens (tertiary/aromatic N) is 2. The van der Waals surface area contributed by atoms with E-state index in [1.165, 1.54) is 5.56 Å². The van der Waals surface area contributed by atoms with E-state index in [1.807, 2.05) is 32.9 Å². The molecule has 0 bridgehead atoms. The lowest BCUT2D eigenvalue weighted by Crippen LogP contribution is -2.15. The van der Waals surface area contributed by atoms with Gasteiger partial charge in [-0.2, -0.15) is 0 Å². The van der Waals surface area contributed by atoms with Crippen molar-refractivity contribution in [1.82, 2.24) is 10.3 Å². The highest BCUT2D eigenvalue weighted by Gasteiger charge is 2.14. The molecule has 1 aromatic heterocycles. The van der Waals surface area contributed by atoms with Gasteiger partial charge in [0.05, 0.1) is 0 Å². The topological polar surface area (TPSA) is 68.0 Å². The van der Waals surface area contributed by atoms with Gasteiger partial charge in [0.2, 0.25) is 5.82 Å². The molecule has 1 heterocycles. The van der Waals surface area contributed by atoms with E-state index in [1.54, 1.807) is 6.92 Å².